The molecule has 2 fully saturated rings. The zero-order valence-corrected chi connectivity index (χ0v) is 10.9. The first-order valence-electron chi connectivity index (χ1n) is 6.16. The Hall–Kier alpha value is -1.14. The summed E-state index contributed by atoms with van der Waals surface area (Å²) < 4.78 is 4.45. The summed E-state index contributed by atoms with van der Waals surface area (Å²) in [5.74, 6) is -0.546. The van der Waals surface area contributed by atoms with Gasteiger partial charge >= 0.3 is 11.9 Å². The standard InChI is InChI=1S/2C6H11NO2/c1-6(7,5(8)9)4-2-3-4;1-9-6(8)5(7)4-2-3-4/h4H,2-3,7H2,1H3,(H,8,9);4-5H,2-3,7H2,1H3. The van der Waals surface area contributed by atoms with Crippen molar-refractivity contribution in [2.45, 2.75) is 44.2 Å². The maximum absolute atomic E-state index is 10.6. The maximum Gasteiger partial charge on any atom is 0.323 e. The van der Waals surface area contributed by atoms with Gasteiger partial charge in [0, 0.05) is 0 Å². The van der Waals surface area contributed by atoms with Crippen molar-refractivity contribution in [3.8, 4) is 0 Å². The van der Waals surface area contributed by atoms with Crippen LogP contribution in [-0.4, -0.2) is 35.7 Å². The number of carboxylic acid groups (broad SMARTS) is 1. The minimum absolute atomic E-state index is 0.218. The molecule has 0 aromatic rings. The molecule has 2 unspecified atom stereocenters. The first kappa shape index (κ1) is 14.9. The van der Waals surface area contributed by atoms with Gasteiger partial charge in [-0.15, -0.1) is 0 Å². The van der Waals surface area contributed by atoms with Crippen LogP contribution in [0.1, 0.15) is 32.6 Å². The molecular formula is C12H22N2O4. The minimum atomic E-state index is -0.972. The topological polar surface area (TPSA) is 116 Å². The van der Waals surface area contributed by atoms with Gasteiger partial charge in [-0.3, -0.25) is 9.59 Å². The molecule has 0 bridgehead atoms. The molecule has 2 atom stereocenters. The quantitative estimate of drug-likeness (QED) is 0.616. The second-order valence-electron chi connectivity index (χ2n) is 5.25. The molecule has 0 saturated heterocycles. The van der Waals surface area contributed by atoms with Gasteiger partial charge in [-0.2, -0.15) is 0 Å². The third-order valence-corrected chi connectivity index (χ3v) is 3.49. The Morgan fingerprint density at radius 3 is 2.06 bits per heavy atom. The van der Waals surface area contributed by atoms with Gasteiger partial charge in [-0.05, 0) is 44.4 Å². The average Bonchev–Trinajstić information content (AvgIpc) is 3.20. The number of rotatable bonds is 4. The van der Waals surface area contributed by atoms with Gasteiger partial charge < -0.3 is 21.3 Å². The summed E-state index contributed by atoms with van der Waals surface area (Å²) in [7, 11) is 1.37. The second kappa shape index (κ2) is 5.67. The van der Waals surface area contributed by atoms with Gasteiger partial charge in [0.1, 0.15) is 11.6 Å². The fraction of sp³-hybridized carbons (Fsp3) is 0.833. The number of hydrogen-bond acceptors (Lipinski definition) is 5. The van der Waals surface area contributed by atoms with E-state index in [0.29, 0.717) is 5.92 Å². The summed E-state index contributed by atoms with van der Waals surface area (Å²) in [5, 5.41) is 8.53. The molecule has 2 aliphatic carbocycles. The highest BCUT2D eigenvalue weighted by atomic mass is 16.5. The molecule has 2 rings (SSSR count). The average molecular weight is 258 g/mol. The number of carboxylic acids is 1. The van der Waals surface area contributed by atoms with Crippen LogP contribution in [0.2, 0.25) is 0 Å². The Kier molecular flexibility index (Phi) is 4.70. The summed E-state index contributed by atoms with van der Waals surface area (Å²) in [6.07, 6.45) is 4.10. The number of methoxy groups -OCH3 is 1. The SMILES string of the molecule is CC(N)(C(=O)O)C1CC1.COC(=O)C(N)C1CC1. The molecule has 6 heteroatoms. The smallest absolute Gasteiger partial charge is 0.323 e. The molecule has 0 aliphatic heterocycles. The van der Waals surface area contributed by atoms with Crippen LogP contribution in [0, 0.1) is 11.8 Å². The van der Waals surface area contributed by atoms with E-state index in [1.54, 1.807) is 6.92 Å². The van der Waals surface area contributed by atoms with E-state index in [0.717, 1.165) is 25.7 Å². The number of nitrogens with two attached hydrogens (primary N) is 2. The van der Waals surface area contributed by atoms with E-state index < -0.39 is 11.5 Å². The molecule has 104 valence electrons. The highest BCUT2D eigenvalue weighted by Gasteiger charge is 2.44. The molecule has 0 heterocycles. The van der Waals surface area contributed by atoms with Gasteiger partial charge in [0.25, 0.3) is 0 Å². The van der Waals surface area contributed by atoms with E-state index in [1.807, 2.05) is 0 Å². The molecular weight excluding hydrogens is 236 g/mol. The lowest BCUT2D eigenvalue weighted by atomic mass is 9.98. The van der Waals surface area contributed by atoms with Crippen LogP contribution in [-0.2, 0) is 14.3 Å². The van der Waals surface area contributed by atoms with Crippen LogP contribution in [0.25, 0.3) is 0 Å². The van der Waals surface area contributed by atoms with Gasteiger partial charge in [0.15, 0.2) is 0 Å². The number of esters is 1. The van der Waals surface area contributed by atoms with Crippen LogP contribution in [0.15, 0.2) is 0 Å². The first-order valence-corrected chi connectivity index (χ1v) is 6.16. The summed E-state index contributed by atoms with van der Waals surface area (Å²) in [6.45, 7) is 1.58. The molecule has 2 aliphatic rings. The Balaban J connectivity index is 0.000000180. The Labute approximate surface area is 107 Å². The monoisotopic (exact) mass is 258 g/mol. The van der Waals surface area contributed by atoms with Gasteiger partial charge in [-0.1, -0.05) is 0 Å². The van der Waals surface area contributed by atoms with Crippen molar-refractivity contribution in [1.29, 1.82) is 0 Å². The summed E-state index contributed by atoms with van der Waals surface area (Å²) in [5.41, 5.74) is 9.95. The van der Waals surface area contributed by atoms with Crippen LogP contribution < -0.4 is 11.5 Å². The number of carbonyl (C=O) groups is 2. The number of carbonyl (C=O) groups excluding carboxylic acids is 1. The molecule has 0 amide bonds. The van der Waals surface area contributed by atoms with Crippen molar-refractivity contribution in [2.75, 3.05) is 7.11 Å². The molecule has 0 aromatic carbocycles. The van der Waals surface area contributed by atoms with E-state index in [9.17, 15) is 9.59 Å². The number of ether oxygens (including phenoxy) is 1. The highest BCUT2D eigenvalue weighted by molar-refractivity contribution is 5.78. The predicted molar refractivity (Wildman–Crippen MR) is 65.7 cm³/mol. The van der Waals surface area contributed by atoms with Crippen molar-refractivity contribution < 1.29 is 19.4 Å². The fourth-order valence-corrected chi connectivity index (χ4v) is 1.64. The van der Waals surface area contributed by atoms with E-state index in [4.69, 9.17) is 16.6 Å². The third-order valence-electron chi connectivity index (χ3n) is 3.49. The molecule has 18 heavy (non-hydrogen) atoms. The van der Waals surface area contributed by atoms with Crippen LogP contribution in [0.5, 0.6) is 0 Å². The molecule has 0 radical (unpaired) electrons. The summed E-state index contributed by atoms with van der Waals surface area (Å²) in [6, 6.07) is -0.366. The molecule has 6 nitrogen and oxygen atoms in total. The second-order valence-corrected chi connectivity index (χ2v) is 5.25. The zero-order chi connectivity index (χ0) is 13.9. The van der Waals surface area contributed by atoms with Crippen molar-refractivity contribution >= 4 is 11.9 Å². The molecule has 5 N–H and O–H groups in total. The van der Waals surface area contributed by atoms with E-state index >= 15 is 0 Å². The van der Waals surface area contributed by atoms with Crippen molar-refractivity contribution in [3.63, 3.8) is 0 Å². The Morgan fingerprint density at radius 1 is 1.33 bits per heavy atom. The lowest BCUT2D eigenvalue weighted by Gasteiger charge is -2.17. The van der Waals surface area contributed by atoms with Crippen molar-refractivity contribution in [3.05, 3.63) is 0 Å². The summed E-state index contributed by atoms with van der Waals surface area (Å²) >= 11 is 0. The van der Waals surface area contributed by atoms with Crippen LogP contribution in [0.3, 0.4) is 0 Å². The lowest BCUT2D eigenvalue weighted by Crippen LogP contribution is -2.46. The predicted octanol–water partition coefficient (Wildman–Crippen LogP) is 0.0951. The zero-order valence-electron chi connectivity index (χ0n) is 10.9. The van der Waals surface area contributed by atoms with Crippen LogP contribution >= 0.6 is 0 Å². The number of aliphatic carboxylic acids is 1. The largest absolute Gasteiger partial charge is 0.480 e. The third kappa shape index (κ3) is 3.96. The molecule has 0 aromatic heterocycles. The van der Waals surface area contributed by atoms with Gasteiger partial charge in [0.05, 0.1) is 7.11 Å². The molecule has 0 spiro atoms. The Morgan fingerprint density at radius 2 is 1.83 bits per heavy atom. The van der Waals surface area contributed by atoms with E-state index in [2.05, 4.69) is 4.74 Å². The minimum Gasteiger partial charge on any atom is -0.480 e. The fourth-order valence-electron chi connectivity index (χ4n) is 1.64. The van der Waals surface area contributed by atoms with Crippen molar-refractivity contribution in [2.24, 2.45) is 23.3 Å². The normalized spacial score (nSPS) is 23.1. The van der Waals surface area contributed by atoms with Crippen LogP contribution in [0.4, 0.5) is 0 Å². The maximum atomic E-state index is 10.6. The number of hydrogen-bond donors (Lipinski definition) is 3. The van der Waals surface area contributed by atoms with Gasteiger partial charge in [-0.25, -0.2) is 0 Å². The highest BCUT2D eigenvalue weighted by Crippen LogP contribution is 2.37. The van der Waals surface area contributed by atoms with E-state index in [-0.39, 0.29) is 17.9 Å². The van der Waals surface area contributed by atoms with Gasteiger partial charge in [0.2, 0.25) is 0 Å². The lowest BCUT2D eigenvalue weighted by molar-refractivity contribution is -0.144. The van der Waals surface area contributed by atoms with E-state index in [1.165, 1.54) is 7.11 Å². The van der Waals surface area contributed by atoms with Crippen molar-refractivity contribution in [1.82, 2.24) is 0 Å². The Bertz CT molecular complexity index is 320. The summed E-state index contributed by atoms with van der Waals surface area (Å²) in [4.78, 5) is 21.0. The molecule has 2 saturated carbocycles. The first-order chi connectivity index (χ1) is 8.30.